The van der Waals surface area contributed by atoms with Crippen molar-refractivity contribution >= 4 is 23.3 Å². The van der Waals surface area contributed by atoms with Gasteiger partial charge in [-0.25, -0.2) is 4.98 Å². The van der Waals surface area contributed by atoms with Gasteiger partial charge in [0.1, 0.15) is 5.82 Å². The molecule has 6 heteroatoms. The highest BCUT2D eigenvalue weighted by Gasteiger charge is 2.18. The molecule has 138 valence electrons. The maximum Gasteiger partial charge on any atom is 0.239 e. The third-order valence-corrected chi connectivity index (χ3v) is 4.65. The van der Waals surface area contributed by atoms with E-state index in [4.69, 9.17) is 0 Å². The first-order valence-electron chi connectivity index (χ1n) is 9.42. The normalized spacial score (nSPS) is 15.6. The summed E-state index contributed by atoms with van der Waals surface area (Å²) >= 11 is 0. The van der Waals surface area contributed by atoms with Gasteiger partial charge in [0.2, 0.25) is 11.8 Å². The molecule has 0 aromatic carbocycles. The molecule has 2 rings (SSSR count). The van der Waals surface area contributed by atoms with Crippen LogP contribution in [0.15, 0.2) is 18.3 Å². The van der Waals surface area contributed by atoms with E-state index in [1.165, 1.54) is 19.3 Å². The molecule has 1 saturated heterocycles. The van der Waals surface area contributed by atoms with E-state index in [1.54, 1.807) is 6.20 Å². The minimum atomic E-state index is 0.0132. The zero-order valence-electron chi connectivity index (χ0n) is 15.4. The molecule has 0 bridgehead atoms. The van der Waals surface area contributed by atoms with Crippen LogP contribution in [-0.2, 0) is 9.59 Å². The Morgan fingerprint density at radius 1 is 1.32 bits per heavy atom. The molecule has 1 aliphatic heterocycles. The lowest BCUT2D eigenvalue weighted by atomic mass is 9.97. The van der Waals surface area contributed by atoms with Gasteiger partial charge in [0, 0.05) is 19.0 Å². The van der Waals surface area contributed by atoms with Gasteiger partial charge >= 0.3 is 0 Å². The minimum absolute atomic E-state index is 0.0132. The average molecular weight is 346 g/mol. The number of amides is 2. The highest BCUT2D eigenvalue weighted by Crippen LogP contribution is 2.19. The predicted octanol–water partition coefficient (Wildman–Crippen LogP) is 2.95. The van der Waals surface area contributed by atoms with Crippen molar-refractivity contribution in [2.45, 2.75) is 52.4 Å². The lowest BCUT2D eigenvalue weighted by Gasteiger charge is -2.27. The van der Waals surface area contributed by atoms with E-state index in [9.17, 15) is 9.59 Å². The Labute approximate surface area is 150 Å². The smallest absolute Gasteiger partial charge is 0.239 e. The lowest BCUT2D eigenvalue weighted by molar-refractivity contribution is -0.121. The molecule has 1 unspecified atom stereocenters. The van der Waals surface area contributed by atoms with Crippen molar-refractivity contribution in [3.05, 3.63) is 18.3 Å². The minimum Gasteiger partial charge on any atom is -0.353 e. The molecule has 1 aliphatic rings. The van der Waals surface area contributed by atoms with Crippen molar-refractivity contribution in [3.8, 4) is 0 Å². The number of anilines is 2. The van der Waals surface area contributed by atoms with E-state index < -0.39 is 0 Å². The quantitative estimate of drug-likeness (QED) is 0.674. The van der Waals surface area contributed by atoms with Crippen molar-refractivity contribution < 1.29 is 9.59 Å². The van der Waals surface area contributed by atoms with Crippen LogP contribution >= 0.6 is 0 Å². The summed E-state index contributed by atoms with van der Waals surface area (Å²) in [6.07, 6.45) is 8.21. The molecular formula is C19H30N4O2. The molecular weight excluding hydrogens is 316 g/mol. The lowest BCUT2D eigenvalue weighted by Crippen LogP contribution is -2.48. The van der Waals surface area contributed by atoms with Crippen molar-refractivity contribution in [1.82, 2.24) is 10.3 Å². The van der Waals surface area contributed by atoms with Crippen molar-refractivity contribution in [1.29, 1.82) is 0 Å². The van der Waals surface area contributed by atoms with E-state index in [1.807, 2.05) is 17.0 Å². The second kappa shape index (κ2) is 10.0. The van der Waals surface area contributed by atoms with Crippen molar-refractivity contribution in [3.63, 3.8) is 0 Å². The van der Waals surface area contributed by atoms with Crippen LogP contribution in [0.5, 0.6) is 0 Å². The molecule has 2 amide bonds. The summed E-state index contributed by atoms with van der Waals surface area (Å²) < 4.78 is 0. The Hall–Kier alpha value is -2.11. The predicted molar refractivity (Wildman–Crippen MR) is 101 cm³/mol. The van der Waals surface area contributed by atoms with Crippen LogP contribution < -0.4 is 15.5 Å². The summed E-state index contributed by atoms with van der Waals surface area (Å²) in [6, 6.07) is 3.72. The van der Waals surface area contributed by atoms with Crippen LogP contribution in [0.3, 0.4) is 0 Å². The van der Waals surface area contributed by atoms with Gasteiger partial charge in [0.25, 0.3) is 0 Å². The number of carbonyl (C=O) groups is 2. The molecule has 1 aromatic rings. The zero-order valence-corrected chi connectivity index (χ0v) is 15.4. The largest absolute Gasteiger partial charge is 0.353 e. The summed E-state index contributed by atoms with van der Waals surface area (Å²) in [5, 5.41) is 5.77. The van der Waals surface area contributed by atoms with E-state index in [0.717, 1.165) is 31.6 Å². The van der Waals surface area contributed by atoms with E-state index in [-0.39, 0.29) is 17.7 Å². The second-order valence-corrected chi connectivity index (χ2v) is 6.62. The molecule has 1 fully saturated rings. The molecule has 0 radical (unpaired) electrons. The van der Waals surface area contributed by atoms with Gasteiger partial charge in [-0.1, -0.05) is 39.5 Å². The highest BCUT2D eigenvalue weighted by molar-refractivity contribution is 5.92. The standard InChI is InChI=1S/C19H30N4O2/c1-3-5-6-7-8-15(4-2)19(25)22-16-9-10-17(21-13-16)23-12-11-20-18(24)14-23/h9-10,13,15H,3-8,11-12,14H2,1-2H3,(H,20,24)(H,22,25). The molecule has 2 heterocycles. The summed E-state index contributed by atoms with van der Waals surface area (Å²) in [6.45, 7) is 5.97. The molecule has 0 aliphatic carbocycles. The van der Waals surface area contributed by atoms with Crippen LogP contribution in [0, 0.1) is 5.92 Å². The topological polar surface area (TPSA) is 74.3 Å². The van der Waals surface area contributed by atoms with Gasteiger partial charge in [0.05, 0.1) is 18.4 Å². The van der Waals surface area contributed by atoms with Crippen LogP contribution in [0.4, 0.5) is 11.5 Å². The SMILES string of the molecule is CCCCCCC(CC)C(=O)Nc1ccc(N2CCNC(=O)C2)nc1. The van der Waals surface area contributed by atoms with Crippen LogP contribution in [-0.4, -0.2) is 36.4 Å². The first kappa shape index (κ1) is 19.2. The van der Waals surface area contributed by atoms with Crippen LogP contribution in [0.25, 0.3) is 0 Å². The Bertz CT molecular complexity index is 559. The van der Waals surface area contributed by atoms with Gasteiger partial charge in [-0.3, -0.25) is 9.59 Å². The number of piperazine rings is 1. The van der Waals surface area contributed by atoms with E-state index in [2.05, 4.69) is 29.5 Å². The van der Waals surface area contributed by atoms with Gasteiger partial charge in [-0.15, -0.1) is 0 Å². The number of hydrogen-bond acceptors (Lipinski definition) is 4. The maximum atomic E-state index is 12.4. The molecule has 0 saturated carbocycles. The fourth-order valence-corrected chi connectivity index (χ4v) is 3.06. The van der Waals surface area contributed by atoms with Crippen LogP contribution in [0.2, 0.25) is 0 Å². The maximum absolute atomic E-state index is 12.4. The summed E-state index contributed by atoms with van der Waals surface area (Å²) in [7, 11) is 0. The third kappa shape index (κ3) is 6.03. The van der Waals surface area contributed by atoms with E-state index >= 15 is 0 Å². The Balaban J connectivity index is 1.86. The van der Waals surface area contributed by atoms with Gasteiger partial charge in [-0.05, 0) is 25.0 Å². The Morgan fingerprint density at radius 3 is 2.80 bits per heavy atom. The average Bonchev–Trinajstić information content (AvgIpc) is 2.62. The molecule has 6 nitrogen and oxygen atoms in total. The first-order valence-corrected chi connectivity index (χ1v) is 9.42. The van der Waals surface area contributed by atoms with Crippen LogP contribution in [0.1, 0.15) is 52.4 Å². The Morgan fingerprint density at radius 2 is 2.16 bits per heavy atom. The van der Waals surface area contributed by atoms with Gasteiger partial charge < -0.3 is 15.5 Å². The highest BCUT2D eigenvalue weighted by atomic mass is 16.2. The zero-order chi connectivity index (χ0) is 18.1. The number of carbonyl (C=O) groups excluding carboxylic acids is 2. The molecule has 2 N–H and O–H groups in total. The molecule has 25 heavy (non-hydrogen) atoms. The van der Waals surface area contributed by atoms with E-state index in [0.29, 0.717) is 18.8 Å². The molecule has 0 spiro atoms. The number of pyridine rings is 1. The number of nitrogens with one attached hydrogen (secondary N) is 2. The van der Waals surface area contributed by atoms with Gasteiger partial charge in [-0.2, -0.15) is 0 Å². The fourth-order valence-electron chi connectivity index (χ4n) is 3.06. The van der Waals surface area contributed by atoms with Crippen molar-refractivity contribution in [2.24, 2.45) is 5.92 Å². The summed E-state index contributed by atoms with van der Waals surface area (Å²) in [5.41, 5.74) is 0.710. The number of aromatic nitrogens is 1. The fraction of sp³-hybridized carbons (Fsp3) is 0.632. The first-order chi connectivity index (χ1) is 12.1. The number of nitrogens with zero attached hydrogens (tertiary/aromatic N) is 2. The van der Waals surface area contributed by atoms with Crippen molar-refractivity contribution in [2.75, 3.05) is 29.9 Å². The number of hydrogen-bond donors (Lipinski definition) is 2. The number of rotatable bonds is 9. The summed E-state index contributed by atoms with van der Waals surface area (Å²) in [4.78, 5) is 30.2. The molecule has 1 aromatic heterocycles. The van der Waals surface area contributed by atoms with Gasteiger partial charge in [0.15, 0.2) is 0 Å². The second-order valence-electron chi connectivity index (χ2n) is 6.62. The summed E-state index contributed by atoms with van der Waals surface area (Å²) in [5.74, 6) is 0.909. The molecule has 1 atom stereocenters. The number of unbranched alkanes of at least 4 members (excludes halogenated alkanes) is 3. The Kier molecular flexibility index (Phi) is 7.70. The monoisotopic (exact) mass is 346 g/mol. The third-order valence-electron chi connectivity index (χ3n) is 4.65.